The van der Waals surface area contributed by atoms with Crippen LogP contribution in [0.15, 0.2) is 42.5 Å². The van der Waals surface area contributed by atoms with E-state index in [1.54, 1.807) is 30.3 Å². The Morgan fingerprint density at radius 1 is 1.05 bits per heavy atom. The van der Waals surface area contributed by atoms with E-state index in [-0.39, 0.29) is 11.1 Å². The number of aryl methyl sites for hydroxylation is 1. The predicted octanol–water partition coefficient (Wildman–Crippen LogP) is 4.49. The van der Waals surface area contributed by atoms with Gasteiger partial charge in [0.05, 0.1) is 5.56 Å². The number of hydrogen-bond acceptors (Lipinski definition) is 1. The number of carbonyl (C=O) groups is 1. The van der Waals surface area contributed by atoms with E-state index in [0.29, 0.717) is 11.8 Å². The molecule has 0 amide bonds. The van der Waals surface area contributed by atoms with E-state index in [4.69, 9.17) is 0 Å². The zero-order chi connectivity index (χ0) is 14.0. The van der Waals surface area contributed by atoms with Gasteiger partial charge in [0.2, 0.25) is 0 Å². The van der Waals surface area contributed by atoms with Crippen molar-refractivity contribution in [3.05, 3.63) is 59.2 Å². The highest BCUT2D eigenvalue weighted by atomic mass is 19.4. The lowest BCUT2D eigenvalue weighted by molar-refractivity contribution is -0.138. The number of hydrogen-bond donors (Lipinski definition) is 0. The molecule has 0 unspecified atom stereocenters. The fraction of sp³-hybridized carbons (Fsp3) is 0.133. The predicted molar refractivity (Wildman–Crippen MR) is 67.0 cm³/mol. The van der Waals surface area contributed by atoms with E-state index in [9.17, 15) is 18.0 Å². The Kier molecular flexibility index (Phi) is 3.42. The van der Waals surface area contributed by atoms with Crippen LogP contribution in [0.1, 0.15) is 21.5 Å². The summed E-state index contributed by atoms with van der Waals surface area (Å²) < 4.78 is 38.3. The molecule has 0 radical (unpaired) electrons. The average Bonchev–Trinajstić information content (AvgIpc) is 2.38. The van der Waals surface area contributed by atoms with Gasteiger partial charge in [0.15, 0.2) is 6.29 Å². The topological polar surface area (TPSA) is 17.1 Å². The molecule has 2 aromatic rings. The van der Waals surface area contributed by atoms with Gasteiger partial charge in [-0.2, -0.15) is 13.2 Å². The first-order valence-electron chi connectivity index (χ1n) is 5.66. The van der Waals surface area contributed by atoms with Crippen LogP contribution in [0.3, 0.4) is 0 Å². The van der Waals surface area contributed by atoms with Gasteiger partial charge >= 0.3 is 6.18 Å². The zero-order valence-electron chi connectivity index (χ0n) is 10.2. The third-order valence-corrected chi connectivity index (χ3v) is 2.91. The molecule has 1 nitrogen and oxygen atoms in total. The van der Waals surface area contributed by atoms with Crippen molar-refractivity contribution < 1.29 is 18.0 Å². The van der Waals surface area contributed by atoms with E-state index < -0.39 is 11.7 Å². The van der Waals surface area contributed by atoms with Crippen molar-refractivity contribution in [3.63, 3.8) is 0 Å². The van der Waals surface area contributed by atoms with Gasteiger partial charge in [-0.05, 0) is 29.7 Å². The van der Waals surface area contributed by atoms with Crippen LogP contribution in [0.25, 0.3) is 11.1 Å². The lowest BCUT2D eigenvalue weighted by Crippen LogP contribution is -2.09. The van der Waals surface area contributed by atoms with Crippen molar-refractivity contribution in [2.75, 3.05) is 0 Å². The number of carbonyl (C=O) groups excluding carboxylic acids is 1. The SMILES string of the molecule is Cc1cc(-c2ccccc2)c(C=O)cc1C(F)(F)F. The quantitative estimate of drug-likeness (QED) is 0.730. The molecule has 0 N–H and O–H groups in total. The molecule has 98 valence electrons. The van der Waals surface area contributed by atoms with Crippen LogP contribution in [0.5, 0.6) is 0 Å². The molecule has 0 saturated heterocycles. The van der Waals surface area contributed by atoms with Gasteiger partial charge in [0.1, 0.15) is 0 Å². The van der Waals surface area contributed by atoms with Gasteiger partial charge in [-0.1, -0.05) is 36.4 Å². The highest BCUT2D eigenvalue weighted by Crippen LogP contribution is 2.35. The monoisotopic (exact) mass is 264 g/mol. The molecule has 0 aromatic heterocycles. The summed E-state index contributed by atoms with van der Waals surface area (Å²) in [6, 6.07) is 11.2. The minimum atomic E-state index is -4.45. The average molecular weight is 264 g/mol. The highest BCUT2D eigenvalue weighted by Gasteiger charge is 2.33. The summed E-state index contributed by atoms with van der Waals surface area (Å²) in [7, 11) is 0. The van der Waals surface area contributed by atoms with Gasteiger partial charge in [0, 0.05) is 5.56 Å². The Morgan fingerprint density at radius 3 is 2.21 bits per heavy atom. The molecule has 0 aliphatic carbocycles. The molecule has 0 aliphatic rings. The van der Waals surface area contributed by atoms with Crippen molar-refractivity contribution >= 4 is 6.29 Å². The Bertz CT molecular complexity index is 601. The van der Waals surface area contributed by atoms with E-state index in [2.05, 4.69) is 0 Å². The fourth-order valence-electron chi connectivity index (χ4n) is 2.00. The second-order valence-corrected chi connectivity index (χ2v) is 4.24. The summed E-state index contributed by atoms with van der Waals surface area (Å²) in [6.45, 7) is 1.39. The number of halogens is 3. The first-order valence-corrected chi connectivity index (χ1v) is 5.66. The lowest BCUT2D eigenvalue weighted by atomic mass is 9.94. The van der Waals surface area contributed by atoms with Crippen molar-refractivity contribution in [1.82, 2.24) is 0 Å². The number of alkyl halides is 3. The van der Waals surface area contributed by atoms with E-state index in [1.165, 1.54) is 13.0 Å². The van der Waals surface area contributed by atoms with Crippen LogP contribution in [0.2, 0.25) is 0 Å². The molecule has 0 saturated carbocycles. The van der Waals surface area contributed by atoms with Crippen LogP contribution in [0.4, 0.5) is 13.2 Å². The molecule has 2 rings (SSSR count). The van der Waals surface area contributed by atoms with Crippen LogP contribution in [-0.2, 0) is 6.18 Å². The van der Waals surface area contributed by atoms with E-state index in [0.717, 1.165) is 11.6 Å². The van der Waals surface area contributed by atoms with E-state index >= 15 is 0 Å². The van der Waals surface area contributed by atoms with Gasteiger partial charge < -0.3 is 0 Å². The third kappa shape index (κ3) is 2.67. The largest absolute Gasteiger partial charge is 0.416 e. The van der Waals surface area contributed by atoms with Crippen LogP contribution in [-0.4, -0.2) is 6.29 Å². The molecular weight excluding hydrogens is 253 g/mol. The number of aldehydes is 1. The molecule has 0 heterocycles. The number of rotatable bonds is 2. The zero-order valence-corrected chi connectivity index (χ0v) is 10.2. The Balaban J connectivity index is 2.65. The molecular formula is C15H11F3O. The van der Waals surface area contributed by atoms with Gasteiger partial charge in [-0.25, -0.2) is 0 Å². The van der Waals surface area contributed by atoms with Crippen molar-refractivity contribution in [2.45, 2.75) is 13.1 Å². The first-order chi connectivity index (χ1) is 8.93. The molecule has 2 aromatic carbocycles. The Hall–Kier alpha value is -2.10. The lowest BCUT2D eigenvalue weighted by Gasteiger charge is -2.14. The van der Waals surface area contributed by atoms with Crippen LogP contribution >= 0.6 is 0 Å². The molecule has 19 heavy (non-hydrogen) atoms. The minimum Gasteiger partial charge on any atom is -0.298 e. The van der Waals surface area contributed by atoms with Crippen LogP contribution in [0, 0.1) is 6.92 Å². The second kappa shape index (κ2) is 4.88. The summed E-state index contributed by atoms with van der Waals surface area (Å²) in [6.07, 6.45) is -3.99. The smallest absolute Gasteiger partial charge is 0.298 e. The van der Waals surface area contributed by atoms with Crippen molar-refractivity contribution in [1.29, 1.82) is 0 Å². The fourth-order valence-corrected chi connectivity index (χ4v) is 2.00. The summed E-state index contributed by atoms with van der Waals surface area (Å²) in [4.78, 5) is 11.0. The van der Waals surface area contributed by atoms with Gasteiger partial charge in [-0.15, -0.1) is 0 Å². The standard InChI is InChI=1S/C15H11F3O/c1-10-7-13(11-5-3-2-4-6-11)12(9-19)8-14(10)15(16,17)18/h2-9H,1H3. The molecule has 0 aliphatic heterocycles. The second-order valence-electron chi connectivity index (χ2n) is 4.24. The molecule has 0 spiro atoms. The maximum atomic E-state index is 12.8. The number of benzene rings is 2. The van der Waals surface area contributed by atoms with E-state index in [1.807, 2.05) is 0 Å². The molecule has 0 fully saturated rings. The molecule has 0 bridgehead atoms. The van der Waals surface area contributed by atoms with Gasteiger partial charge in [0.25, 0.3) is 0 Å². The molecule has 4 heteroatoms. The van der Waals surface area contributed by atoms with Crippen LogP contribution < -0.4 is 0 Å². The maximum absolute atomic E-state index is 12.8. The minimum absolute atomic E-state index is 0.0455. The first kappa shape index (κ1) is 13.3. The summed E-state index contributed by atoms with van der Waals surface area (Å²) >= 11 is 0. The molecule has 0 atom stereocenters. The Labute approximate surface area is 108 Å². The normalized spacial score (nSPS) is 11.4. The third-order valence-electron chi connectivity index (χ3n) is 2.91. The highest BCUT2D eigenvalue weighted by molar-refractivity contribution is 5.88. The van der Waals surface area contributed by atoms with Crippen molar-refractivity contribution in [2.24, 2.45) is 0 Å². The maximum Gasteiger partial charge on any atom is 0.416 e. The summed E-state index contributed by atoms with van der Waals surface area (Å²) in [5.74, 6) is 0. The Morgan fingerprint density at radius 2 is 1.68 bits per heavy atom. The van der Waals surface area contributed by atoms with Crippen molar-refractivity contribution in [3.8, 4) is 11.1 Å². The summed E-state index contributed by atoms with van der Waals surface area (Å²) in [5.41, 5.74) is 0.623. The van der Waals surface area contributed by atoms with Gasteiger partial charge in [-0.3, -0.25) is 4.79 Å². The summed E-state index contributed by atoms with van der Waals surface area (Å²) in [5, 5.41) is 0.